The van der Waals surface area contributed by atoms with E-state index < -0.39 is 0 Å². The fourth-order valence-electron chi connectivity index (χ4n) is 4.33. The van der Waals surface area contributed by atoms with Crippen LogP contribution in [0.25, 0.3) is 22.2 Å². The Kier molecular flexibility index (Phi) is 8.25. The molecular weight excluding hydrogens is 448 g/mol. The van der Waals surface area contributed by atoms with Gasteiger partial charge in [0.2, 0.25) is 5.91 Å². The number of fused-ring (bicyclic) bond motifs is 1. The molecule has 0 saturated carbocycles. The normalized spacial score (nSPS) is 10.8. The summed E-state index contributed by atoms with van der Waals surface area (Å²) >= 11 is 0. The number of hydrogen-bond acceptors (Lipinski definition) is 4. The van der Waals surface area contributed by atoms with Crippen molar-refractivity contribution < 1.29 is 9.59 Å². The number of aromatic nitrogens is 2. The van der Waals surface area contributed by atoms with Crippen molar-refractivity contribution in [3.63, 3.8) is 0 Å². The van der Waals surface area contributed by atoms with Gasteiger partial charge >= 0.3 is 0 Å². The van der Waals surface area contributed by atoms with Crippen LogP contribution in [-0.2, 0) is 22.6 Å². The first-order chi connectivity index (χ1) is 17.6. The van der Waals surface area contributed by atoms with Gasteiger partial charge in [0.15, 0.2) is 0 Å². The molecule has 6 nitrogen and oxygen atoms in total. The number of amides is 1. The number of nitrogens with zero attached hydrogens (tertiary/aromatic N) is 3. The number of nitrogens with one attached hydrogen (secondary N) is 1. The van der Waals surface area contributed by atoms with Gasteiger partial charge in [-0.25, -0.2) is 4.98 Å². The summed E-state index contributed by atoms with van der Waals surface area (Å²) < 4.78 is 2.23. The number of carbonyl (C=O) groups is 2. The third-order valence-corrected chi connectivity index (χ3v) is 6.24. The number of unbranched alkanes of at least 4 members (excludes halogenated alkanes) is 2. The smallest absolute Gasteiger partial charge is 0.224 e. The third-order valence-electron chi connectivity index (χ3n) is 6.24. The second-order valence-electron chi connectivity index (χ2n) is 8.88. The van der Waals surface area contributed by atoms with Gasteiger partial charge in [0.25, 0.3) is 0 Å². The molecule has 0 bridgehead atoms. The average molecular weight is 479 g/mol. The number of aldehydes is 1. The van der Waals surface area contributed by atoms with Gasteiger partial charge in [0.1, 0.15) is 12.1 Å². The molecule has 0 spiro atoms. The highest BCUT2D eigenvalue weighted by Gasteiger charge is 2.13. The predicted molar refractivity (Wildman–Crippen MR) is 143 cm³/mol. The van der Waals surface area contributed by atoms with Crippen LogP contribution < -0.4 is 5.32 Å². The fraction of sp³-hybridized carbons (Fsp3) is 0.267. The molecule has 4 rings (SSSR count). The second kappa shape index (κ2) is 11.9. The lowest BCUT2D eigenvalue weighted by Crippen LogP contribution is -2.11. The summed E-state index contributed by atoms with van der Waals surface area (Å²) in [5.74, 6) is 0.932. The molecule has 36 heavy (non-hydrogen) atoms. The lowest BCUT2D eigenvalue weighted by Gasteiger charge is -2.12. The molecule has 0 atom stereocenters. The Hall–Kier alpha value is -4.24. The lowest BCUT2D eigenvalue weighted by atomic mass is 9.99. The Balaban J connectivity index is 1.61. The monoisotopic (exact) mass is 478 g/mol. The van der Waals surface area contributed by atoms with E-state index in [1.807, 2.05) is 42.5 Å². The Bertz CT molecular complexity index is 1400. The number of anilines is 1. The van der Waals surface area contributed by atoms with E-state index >= 15 is 0 Å². The van der Waals surface area contributed by atoms with Gasteiger partial charge < -0.3 is 14.7 Å². The molecule has 1 heterocycles. The summed E-state index contributed by atoms with van der Waals surface area (Å²) in [5, 5.41) is 12.4. The predicted octanol–water partition coefficient (Wildman–Crippen LogP) is 6.27. The van der Waals surface area contributed by atoms with Crippen LogP contribution in [-0.4, -0.2) is 21.7 Å². The third kappa shape index (κ3) is 5.87. The van der Waals surface area contributed by atoms with Crippen LogP contribution in [0.4, 0.5) is 5.69 Å². The highest BCUT2D eigenvalue weighted by Crippen LogP contribution is 2.26. The van der Waals surface area contributed by atoms with Crippen molar-refractivity contribution in [1.29, 1.82) is 5.26 Å². The SMILES string of the molecule is CCCCc1nc2ccc(NC(=O)CCCC=O)cc2n1Cc1ccc(-c2ccccc2C#N)cc1. The highest BCUT2D eigenvalue weighted by atomic mass is 16.1. The highest BCUT2D eigenvalue weighted by molar-refractivity contribution is 5.93. The number of imidazole rings is 1. The van der Waals surface area contributed by atoms with Crippen LogP contribution in [0.5, 0.6) is 0 Å². The van der Waals surface area contributed by atoms with Crippen LogP contribution >= 0.6 is 0 Å². The number of benzene rings is 3. The summed E-state index contributed by atoms with van der Waals surface area (Å²) in [7, 11) is 0. The van der Waals surface area contributed by atoms with Gasteiger partial charge in [-0.2, -0.15) is 5.26 Å². The summed E-state index contributed by atoms with van der Waals surface area (Å²) in [6.45, 7) is 2.83. The average Bonchev–Trinajstić information content (AvgIpc) is 3.24. The molecule has 1 amide bonds. The summed E-state index contributed by atoms with van der Waals surface area (Å²) in [5.41, 5.74) is 6.34. The van der Waals surface area contributed by atoms with Crippen molar-refractivity contribution in [3.8, 4) is 17.2 Å². The molecule has 1 N–H and O–H groups in total. The minimum absolute atomic E-state index is 0.0956. The number of hydrogen-bond donors (Lipinski definition) is 1. The van der Waals surface area contributed by atoms with Gasteiger partial charge in [0, 0.05) is 31.5 Å². The van der Waals surface area contributed by atoms with Crippen LogP contribution in [0, 0.1) is 11.3 Å². The Labute approximate surface area is 211 Å². The van der Waals surface area contributed by atoms with Gasteiger partial charge in [-0.3, -0.25) is 4.79 Å². The Morgan fingerprint density at radius 3 is 2.64 bits per heavy atom. The fourth-order valence-corrected chi connectivity index (χ4v) is 4.33. The van der Waals surface area contributed by atoms with E-state index in [1.54, 1.807) is 0 Å². The molecule has 0 aliphatic carbocycles. The summed E-state index contributed by atoms with van der Waals surface area (Å²) in [4.78, 5) is 27.7. The van der Waals surface area contributed by atoms with Crippen molar-refractivity contribution in [2.75, 3.05) is 5.32 Å². The van der Waals surface area contributed by atoms with Crippen LogP contribution in [0.2, 0.25) is 0 Å². The second-order valence-corrected chi connectivity index (χ2v) is 8.88. The van der Waals surface area contributed by atoms with Gasteiger partial charge in [-0.1, -0.05) is 55.8 Å². The van der Waals surface area contributed by atoms with Crippen molar-refractivity contribution in [1.82, 2.24) is 9.55 Å². The first-order valence-corrected chi connectivity index (χ1v) is 12.4. The molecule has 0 aliphatic rings. The first-order valence-electron chi connectivity index (χ1n) is 12.4. The minimum Gasteiger partial charge on any atom is -0.326 e. The molecule has 6 heteroatoms. The van der Waals surface area contributed by atoms with E-state index in [2.05, 4.69) is 47.1 Å². The van der Waals surface area contributed by atoms with Gasteiger partial charge in [-0.05, 0) is 53.8 Å². The maximum absolute atomic E-state index is 12.3. The Morgan fingerprint density at radius 1 is 1.08 bits per heavy atom. The van der Waals surface area contributed by atoms with Gasteiger partial charge in [0.05, 0.1) is 22.7 Å². The Morgan fingerprint density at radius 2 is 1.89 bits per heavy atom. The van der Waals surface area contributed by atoms with Crippen molar-refractivity contribution in [3.05, 3.63) is 83.7 Å². The first kappa shape index (κ1) is 24.9. The molecule has 3 aromatic carbocycles. The number of rotatable bonds is 11. The van der Waals surface area contributed by atoms with E-state index in [1.165, 1.54) is 0 Å². The minimum atomic E-state index is -0.0956. The van der Waals surface area contributed by atoms with E-state index in [0.29, 0.717) is 31.4 Å². The van der Waals surface area contributed by atoms with Crippen LogP contribution in [0.3, 0.4) is 0 Å². The molecule has 182 valence electrons. The topological polar surface area (TPSA) is 87.8 Å². The summed E-state index contributed by atoms with van der Waals surface area (Å²) in [6.07, 6.45) is 5.11. The molecule has 0 radical (unpaired) electrons. The molecule has 0 aliphatic heterocycles. The number of nitriles is 1. The molecule has 1 aromatic heterocycles. The van der Waals surface area contributed by atoms with Crippen molar-refractivity contribution in [2.45, 2.75) is 52.0 Å². The molecular formula is C30H30N4O2. The number of aryl methyl sites for hydroxylation is 1. The van der Waals surface area contributed by atoms with E-state index in [4.69, 9.17) is 4.98 Å². The quantitative estimate of drug-likeness (QED) is 0.203. The maximum atomic E-state index is 12.3. The van der Waals surface area contributed by atoms with Crippen LogP contribution in [0.1, 0.15) is 56.0 Å². The van der Waals surface area contributed by atoms with E-state index in [-0.39, 0.29) is 5.91 Å². The zero-order valence-electron chi connectivity index (χ0n) is 20.5. The standard InChI is InChI=1S/C30H30N4O2/c1-2-3-10-29-33-27-17-16-25(32-30(36)11-6-7-18-35)19-28(27)34(29)21-22-12-14-23(15-13-22)26-9-5-4-8-24(26)20-31/h4-5,8-9,12-19H,2-3,6-7,10-11,21H2,1H3,(H,32,36). The van der Waals surface area contributed by atoms with Gasteiger partial charge in [-0.15, -0.1) is 0 Å². The number of carbonyl (C=O) groups excluding carboxylic acids is 2. The largest absolute Gasteiger partial charge is 0.326 e. The molecule has 0 unspecified atom stereocenters. The van der Waals surface area contributed by atoms with E-state index in [0.717, 1.165) is 64.8 Å². The zero-order valence-corrected chi connectivity index (χ0v) is 20.5. The van der Waals surface area contributed by atoms with Crippen molar-refractivity contribution >= 4 is 28.9 Å². The molecule has 0 fully saturated rings. The molecule has 4 aromatic rings. The molecule has 0 saturated heterocycles. The van der Waals surface area contributed by atoms with E-state index in [9.17, 15) is 14.9 Å². The maximum Gasteiger partial charge on any atom is 0.224 e. The lowest BCUT2D eigenvalue weighted by molar-refractivity contribution is -0.116. The van der Waals surface area contributed by atoms with Crippen LogP contribution in [0.15, 0.2) is 66.7 Å². The zero-order chi connectivity index (χ0) is 25.3. The van der Waals surface area contributed by atoms with Crippen molar-refractivity contribution in [2.24, 2.45) is 0 Å². The summed E-state index contributed by atoms with van der Waals surface area (Å²) in [6, 6.07) is 24.0.